The zero-order chi connectivity index (χ0) is 36.9. The summed E-state index contributed by atoms with van der Waals surface area (Å²) in [5, 5.41) is 43.1. The summed E-state index contributed by atoms with van der Waals surface area (Å²) >= 11 is 0. The van der Waals surface area contributed by atoms with E-state index in [1.54, 1.807) is 0 Å². The summed E-state index contributed by atoms with van der Waals surface area (Å²) in [5.41, 5.74) is 4.34. The highest BCUT2D eigenvalue weighted by atomic mass is 16.1. The van der Waals surface area contributed by atoms with Crippen LogP contribution in [0.25, 0.3) is 27.6 Å². The molecule has 0 saturated heterocycles. The number of H-pyrrole nitrogens is 2. The van der Waals surface area contributed by atoms with Gasteiger partial charge in [-0.1, -0.05) is 54.5 Å². The van der Waals surface area contributed by atoms with E-state index in [2.05, 4.69) is 75.8 Å². The summed E-state index contributed by atoms with van der Waals surface area (Å²) in [6, 6.07) is 16.5. The number of aryl methyl sites for hydroxylation is 4. The Morgan fingerprint density at radius 2 is 1.08 bits per heavy atom. The molecule has 1 aliphatic carbocycles. The molecule has 9 heteroatoms. The van der Waals surface area contributed by atoms with Crippen LogP contribution >= 0.6 is 0 Å². The standard InChI is InChI=1S/C42H44N8O/c1-8-25-27(10-3)32-19-36-40(12-5,13-6)38(51)35(50-36)18-31-26(9-2)28(11-4)33(48-31)20-37-42(14-7)29(34(49-37)17-30(25)47-32)15-16-39(21-43,22-44)41(42,23-45)24-46/h15,17-20,47-48H,8-14,16H2,1-7H3. The van der Waals surface area contributed by atoms with E-state index in [0.717, 1.165) is 62.9 Å². The maximum atomic E-state index is 14.3. The van der Waals surface area contributed by atoms with Gasteiger partial charge in [0.25, 0.3) is 0 Å². The van der Waals surface area contributed by atoms with Gasteiger partial charge in [-0.05, 0) is 97.0 Å². The topological polar surface area (TPSA) is 170 Å². The van der Waals surface area contributed by atoms with Crippen molar-refractivity contribution < 1.29 is 4.79 Å². The van der Waals surface area contributed by atoms with Gasteiger partial charge in [-0.2, -0.15) is 21.0 Å². The van der Waals surface area contributed by atoms with Gasteiger partial charge in [0.2, 0.25) is 0 Å². The zero-order valence-electron chi connectivity index (χ0n) is 30.6. The second kappa shape index (κ2) is 12.7. The molecule has 5 heterocycles. The summed E-state index contributed by atoms with van der Waals surface area (Å²) in [4.78, 5) is 31.9. The predicted molar refractivity (Wildman–Crippen MR) is 197 cm³/mol. The van der Waals surface area contributed by atoms with Crippen molar-refractivity contribution in [3.63, 3.8) is 0 Å². The van der Waals surface area contributed by atoms with Gasteiger partial charge >= 0.3 is 0 Å². The molecule has 0 aromatic carbocycles. The molecular formula is C42H44N8O. The van der Waals surface area contributed by atoms with Crippen LogP contribution in [0.4, 0.5) is 0 Å². The Labute approximate surface area is 299 Å². The van der Waals surface area contributed by atoms with Crippen LogP contribution in [-0.2, 0) is 36.5 Å². The van der Waals surface area contributed by atoms with Crippen molar-refractivity contribution in [2.45, 2.75) is 111 Å². The van der Waals surface area contributed by atoms with Gasteiger partial charge in [-0.15, -0.1) is 0 Å². The minimum absolute atomic E-state index is 0.00785. The van der Waals surface area contributed by atoms with E-state index < -0.39 is 21.7 Å². The Bertz CT molecular complexity index is 2310. The number of aromatic nitrogens is 4. The molecule has 3 aromatic heterocycles. The number of hydrogen-bond donors (Lipinski definition) is 2. The minimum atomic E-state index is -2.06. The number of ketones is 1. The molecule has 0 spiro atoms. The first-order chi connectivity index (χ1) is 24.6. The van der Waals surface area contributed by atoms with Crippen molar-refractivity contribution in [2.24, 2.45) is 10.8 Å². The molecule has 2 aliphatic heterocycles. The highest BCUT2D eigenvalue weighted by Crippen LogP contribution is 2.65. The lowest BCUT2D eigenvalue weighted by Gasteiger charge is -2.48. The Morgan fingerprint density at radius 3 is 1.51 bits per heavy atom. The van der Waals surface area contributed by atoms with Gasteiger partial charge in [0, 0.05) is 28.5 Å². The highest BCUT2D eigenvalue weighted by molar-refractivity contribution is 6.05. The third-order valence-corrected chi connectivity index (χ3v) is 12.3. The van der Waals surface area contributed by atoms with E-state index in [1.807, 2.05) is 37.3 Å². The van der Waals surface area contributed by atoms with E-state index in [1.165, 1.54) is 0 Å². The summed E-state index contributed by atoms with van der Waals surface area (Å²) in [6.45, 7) is 14.4. The van der Waals surface area contributed by atoms with Crippen LogP contribution in [0.5, 0.6) is 0 Å². The van der Waals surface area contributed by atoms with Crippen LogP contribution < -0.4 is 0 Å². The fraction of sp³-hybridized carbons (Fsp3) is 0.452. The molecular weight excluding hydrogens is 633 g/mol. The minimum Gasteiger partial charge on any atom is -0.355 e. The number of carbonyl (C=O) groups is 1. The molecule has 0 radical (unpaired) electrons. The van der Waals surface area contributed by atoms with Crippen LogP contribution in [-0.4, -0.2) is 25.7 Å². The number of nitrogens with one attached hydrogen (secondary N) is 2. The summed E-state index contributed by atoms with van der Waals surface area (Å²) in [5.74, 6) is 0.00785. The fourth-order valence-electron chi connectivity index (χ4n) is 9.43. The number of nitrogens with zero attached hydrogens (tertiary/aromatic N) is 6. The molecule has 0 fully saturated rings. The molecule has 1 unspecified atom stereocenters. The van der Waals surface area contributed by atoms with E-state index in [9.17, 15) is 25.8 Å². The highest BCUT2D eigenvalue weighted by Gasteiger charge is 2.71. The van der Waals surface area contributed by atoms with Crippen LogP contribution in [0, 0.1) is 56.2 Å². The van der Waals surface area contributed by atoms with E-state index in [4.69, 9.17) is 9.97 Å². The van der Waals surface area contributed by atoms with Gasteiger partial charge in [0.05, 0.1) is 52.2 Å². The number of fused-ring (bicyclic) bond motifs is 11. The summed E-state index contributed by atoms with van der Waals surface area (Å²) < 4.78 is 0. The first-order valence-corrected chi connectivity index (χ1v) is 18.3. The van der Waals surface area contributed by atoms with Crippen molar-refractivity contribution in [3.05, 3.63) is 75.4 Å². The molecule has 9 nitrogen and oxygen atoms in total. The molecule has 8 bridgehead atoms. The largest absolute Gasteiger partial charge is 0.355 e. The molecule has 2 N–H and O–H groups in total. The Morgan fingerprint density at radius 1 is 0.627 bits per heavy atom. The summed E-state index contributed by atoms with van der Waals surface area (Å²) in [6.07, 6.45) is 6.11. The molecule has 3 aromatic rings. The van der Waals surface area contributed by atoms with Gasteiger partial charge in [0.1, 0.15) is 5.69 Å². The molecule has 258 valence electrons. The fourth-order valence-corrected chi connectivity index (χ4v) is 9.43. The van der Waals surface area contributed by atoms with Crippen LogP contribution in [0.15, 0.2) is 30.3 Å². The molecule has 6 rings (SSSR count). The van der Waals surface area contributed by atoms with Crippen molar-refractivity contribution in [3.8, 4) is 24.3 Å². The third-order valence-electron chi connectivity index (χ3n) is 12.3. The SMILES string of the molecule is CCc1c(CC)c2cc3nc(cc4[nH]c(cc5nc(cc1[nH]2)C(=O)C5(CC)CC)c(CC)c4CC)C1=CCC(C#N)(C#N)C(C#N)(C#N)C13CC. The number of aromatic amines is 2. The van der Waals surface area contributed by atoms with Crippen molar-refractivity contribution >= 4 is 33.4 Å². The second-order valence-corrected chi connectivity index (χ2v) is 13.9. The molecule has 0 amide bonds. The molecule has 51 heavy (non-hydrogen) atoms. The van der Waals surface area contributed by atoms with Crippen LogP contribution in [0.2, 0.25) is 0 Å². The van der Waals surface area contributed by atoms with Gasteiger partial charge in [-0.25, -0.2) is 4.98 Å². The number of carbonyl (C=O) groups excluding carboxylic acids is 1. The average Bonchev–Trinajstić information content (AvgIpc) is 3.84. The van der Waals surface area contributed by atoms with Crippen molar-refractivity contribution in [1.82, 2.24) is 19.9 Å². The molecule has 1 atom stereocenters. The Kier molecular flexibility index (Phi) is 8.78. The van der Waals surface area contributed by atoms with Gasteiger partial charge in [0.15, 0.2) is 16.6 Å². The second-order valence-electron chi connectivity index (χ2n) is 13.9. The van der Waals surface area contributed by atoms with Crippen LogP contribution in [0.1, 0.15) is 124 Å². The monoisotopic (exact) mass is 676 g/mol. The Hall–Kier alpha value is -5.51. The van der Waals surface area contributed by atoms with Gasteiger partial charge in [-0.3, -0.25) is 9.78 Å². The average molecular weight is 677 g/mol. The number of rotatable bonds is 7. The number of allylic oxidation sites excluding steroid dienone is 2. The first kappa shape index (κ1) is 35.3. The molecule has 0 saturated carbocycles. The number of Topliss-reactive ketones (excluding diaryl/α,β-unsaturated/α-hetero) is 1. The quantitative estimate of drug-likeness (QED) is 0.252. The smallest absolute Gasteiger partial charge is 0.193 e. The lowest BCUT2D eigenvalue weighted by molar-refractivity contribution is 0.0886. The normalized spacial score (nSPS) is 19.6. The van der Waals surface area contributed by atoms with E-state index >= 15 is 0 Å². The lowest BCUT2D eigenvalue weighted by Crippen LogP contribution is -2.55. The number of nitriles is 4. The Balaban J connectivity index is 1.91. The van der Waals surface area contributed by atoms with Crippen LogP contribution in [0.3, 0.4) is 0 Å². The maximum Gasteiger partial charge on any atom is 0.193 e. The van der Waals surface area contributed by atoms with Crippen molar-refractivity contribution in [1.29, 1.82) is 21.0 Å². The van der Waals surface area contributed by atoms with E-state index in [0.29, 0.717) is 48.3 Å². The van der Waals surface area contributed by atoms with Gasteiger partial charge < -0.3 is 9.97 Å². The lowest BCUT2D eigenvalue weighted by atomic mass is 9.45. The number of hydrogen-bond acceptors (Lipinski definition) is 7. The zero-order valence-corrected chi connectivity index (χ0v) is 30.6. The summed E-state index contributed by atoms with van der Waals surface area (Å²) in [7, 11) is 0. The predicted octanol–water partition coefficient (Wildman–Crippen LogP) is 8.71. The van der Waals surface area contributed by atoms with E-state index in [-0.39, 0.29) is 18.6 Å². The maximum absolute atomic E-state index is 14.3. The van der Waals surface area contributed by atoms with Crippen molar-refractivity contribution in [2.75, 3.05) is 0 Å². The first-order valence-electron chi connectivity index (χ1n) is 18.3. The molecule has 3 aliphatic rings. The third kappa shape index (κ3) is 4.38.